The number of rotatable bonds is 2. The van der Waals surface area contributed by atoms with Gasteiger partial charge in [-0.15, -0.1) is 0 Å². The van der Waals surface area contributed by atoms with E-state index in [1.54, 1.807) is 11.1 Å². The summed E-state index contributed by atoms with van der Waals surface area (Å²) in [6, 6.07) is 13.6. The van der Waals surface area contributed by atoms with Crippen molar-refractivity contribution in [1.29, 1.82) is 0 Å². The molecule has 0 atom stereocenters. The van der Waals surface area contributed by atoms with E-state index in [0.29, 0.717) is 5.92 Å². The minimum atomic E-state index is 0.117. The Morgan fingerprint density at radius 2 is 1.46 bits per heavy atom. The zero-order chi connectivity index (χ0) is 19.3. The maximum Gasteiger partial charge on any atom is -0.00136 e. The Kier molecular flexibility index (Phi) is 4.67. The normalized spacial score (nSPS) is 14.6. The topological polar surface area (TPSA) is 0 Å². The van der Waals surface area contributed by atoms with Gasteiger partial charge in [0.2, 0.25) is 0 Å². The molecule has 0 heterocycles. The smallest absolute Gasteiger partial charge is 0.00136 e. The Labute approximate surface area is 160 Å². The minimum Gasteiger partial charge on any atom is -0.0619 e. The Balaban J connectivity index is 2.27. The molecule has 0 nitrogen and oxygen atoms in total. The summed E-state index contributed by atoms with van der Waals surface area (Å²) in [5, 5.41) is 0. The maximum absolute atomic E-state index is 2.40. The zero-order valence-electron chi connectivity index (χ0n) is 17.8. The van der Waals surface area contributed by atoms with E-state index in [4.69, 9.17) is 0 Å². The van der Waals surface area contributed by atoms with Crippen LogP contribution < -0.4 is 0 Å². The summed E-state index contributed by atoms with van der Waals surface area (Å²) < 4.78 is 0. The molecular formula is C26H34. The average Bonchev–Trinajstić information content (AvgIpc) is 2.95. The van der Waals surface area contributed by atoms with E-state index in [-0.39, 0.29) is 10.8 Å². The fourth-order valence-electron chi connectivity index (χ4n) is 4.40. The van der Waals surface area contributed by atoms with Crippen molar-refractivity contribution in [3.8, 4) is 0 Å². The van der Waals surface area contributed by atoms with E-state index in [0.717, 1.165) is 6.42 Å². The lowest BCUT2D eigenvalue weighted by Gasteiger charge is -2.34. The van der Waals surface area contributed by atoms with Gasteiger partial charge in [0.25, 0.3) is 0 Å². The molecule has 0 fully saturated rings. The third-order valence-electron chi connectivity index (χ3n) is 5.49. The third-order valence-corrected chi connectivity index (χ3v) is 5.49. The molecule has 0 amide bonds. The lowest BCUT2D eigenvalue weighted by molar-refractivity contribution is 0.545. The van der Waals surface area contributed by atoms with Crippen LogP contribution in [-0.2, 0) is 17.3 Å². The summed E-state index contributed by atoms with van der Waals surface area (Å²) in [5.74, 6) is 0.516. The van der Waals surface area contributed by atoms with Crippen molar-refractivity contribution in [3.63, 3.8) is 0 Å². The SMILES string of the molecule is CC(C)c1c(C(C)(C)C)ccc(C2=Cc3ccccc3C2)c1C(C)(C)C. The summed E-state index contributed by atoms with van der Waals surface area (Å²) in [4.78, 5) is 0. The standard InChI is InChI=1S/C26H34/c1-17(2)23-22(25(3,4)5)14-13-21(24(23)26(6,7)8)20-15-18-11-9-10-12-19(18)16-20/h9-15,17H,16H2,1-8H3. The van der Waals surface area contributed by atoms with Crippen LogP contribution >= 0.6 is 0 Å². The van der Waals surface area contributed by atoms with Gasteiger partial charge in [-0.25, -0.2) is 0 Å². The number of hydrogen-bond acceptors (Lipinski definition) is 0. The molecular weight excluding hydrogens is 312 g/mol. The first-order valence-corrected chi connectivity index (χ1v) is 9.97. The van der Waals surface area contributed by atoms with Gasteiger partial charge in [-0.2, -0.15) is 0 Å². The van der Waals surface area contributed by atoms with E-state index < -0.39 is 0 Å². The van der Waals surface area contributed by atoms with Crippen LogP contribution in [0.3, 0.4) is 0 Å². The molecule has 0 bridgehead atoms. The molecule has 0 aliphatic heterocycles. The molecule has 0 N–H and O–H groups in total. The van der Waals surface area contributed by atoms with Crippen LogP contribution in [0.5, 0.6) is 0 Å². The van der Waals surface area contributed by atoms with Gasteiger partial charge in [0.1, 0.15) is 0 Å². The molecule has 0 aromatic heterocycles. The van der Waals surface area contributed by atoms with Gasteiger partial charge in [-0.1, -0.05) is 97.9 Å². The first kappa shape index (κ1) is 19.0. The van der Waals surface area contributed by atoms with Crippen LogP contribution in [0.15, 0.2) is 36.4 Å². The predicted molar refractivity (Wildman–Crippen MR) is 116 cm³/mol. The van der Waals surface area contributed by atoms with Crippen molar-refractivity contribution >= 4 is 11.6 Å². The molecule has 0 spiro atoms. The lowest BCUT2D eigenvalue weighted by atomic mass is 9.70. The van der Waals surface area contributed by atoms with Gasteiger partial charge in [0.15, 0.2) is 0 Å². The largest absolute Gasteiger partial charge is 0.0619 e. The van der Waals surface area contributed by atoms with Gasteiger partial charge in [0.05, 0.1) is 0 Å². The minimum absolute atomic E-state index is 0.117. The van der Waals surface area contributed by atoms with Gasteiger partial charge >= 0.3 is 0 Å². The van der Waals surface area contributed by atoms with Gasteiger partial charge in [-0.05, 0) is 62.1 Å². The van der Waals surface area contributed by atoms with Crippen molar-refractivity contribution in [3.05, 3.63) is 69.8 Å². The van der Waals surface area contributed by atoms with Crippen LogP contribution in [-0.4, -0.2) is 0 Å². The van der Waals surface area contributed by atoms with Crippen LogP contribution in [0.1, 0.15) is 94.7 Å². The van der Waals surface area contributed by atoms with Crippen LogP contribution in [0.4, 0.5) is 0 Å². The Morgan fingerprint density at radius 1 is 0.808 bits per heavy atom. The molecule has 2 aromatic rings. The Bertz CT molecular complexity index is 849. The van der Waals surface area contributed by atoms with E-state index >= 15 is 0 Å². The molecule has 138 valence electrons. The van der Waals surface area contributed by atoms with E-state index in [1.165, 1.54) is 27.8 Å². The summed E-state index contributed by atoms with van der Waals surface area (Å²) in [6.07, 6.45) is 3.45. The van der Waals surface area contributed by atoms with E-state index in [1.807, 2.05) is 0 Å². The second-order valence-electron chi connectivity index (χ2n) is 10.1. The molecule has 26 heavy (non-hydrogen) atoms. The Morgan fingerprint density at radius 3 is 2.00 bits per heavy atom. The number of benzene rings is 2. The van der Waals surface area contributed by atoms with Crippen molar-refractivity contribution in [2.75, 3.05) is 0 Å². The van der Waals surface area contributed by atoms with Gasteiger partial charge < -0.3 is 0 Å². The first-order chi connectivity index (χ1) is 12.0. The van der Waals surface area contributed by atoms with Crippen LogP contribution in [0, 0.1) is 0 Å². The molecule has 3 rings (SSSR count). The summed E-state index contributed by atoms with van der Waals surface area (Å²) >= 11 is 0. The molecule has 0 saturated carbocycles. The van der Waals surface area contributed by atoms with Gasteiger partial charge in [0, 0.05) is 0 Å². The van der Waals surface area contributed by atoms with E-state index in [2.05, 4.69) is 97.9 Å². The summed E-state index contributed by atoms with van der Waals surface area (Å²) in [6.45, 7) is 18.8. The Hall–Kier alpha value is -1.82. The van der Waals surface area contributed by atoms with Crippen LogP contribution in [0.2, 0.25) is 0 Å². The highest BCUT2D eigenvalue weighted by Crippen LogP contribution is 2.44. The van der Waals surface area contributed by atoms with Crippen molar-refractivity contribution in [2.24, 2.45) is 0 Å². The number of fused-ring (bicyclic) bond motifs is 1. The first-order valence-electron chi connectivity index (χ1n) is 9.97. The molecule has 1 aliphatic rings. The monoisotopic (exact) mass is 346 g/mol. The molecule has 2 aromatic carbocycles. The van der Waals surface area contributed by atoms with Gasteiger partial charge in [-0.3, -0.25) is 0 Å². The predicted octanol–water partition coefficient (Wildman–Crippen LogP) is 7.50. The fourth-order valence-corrected chi connectivity index (χ4v) is 4.40. The molecule has 0 unspecified atom stereocenters. The molecule has 0 radical (unpaired) electrons. The molecule has 0 saturated heterocycles. The third kappa shape index (κ3) is 3.39. The highest BCUT2D eigenvalue weighted by atomic mass is 14.3. The molecule has 1 aliphatic carbocycles. The number of hydrogen-bond donors (Lipinski definition) is 0. The van der Waals surface area contributed by atoms with E-state index in [9.17, 15) is 0 Å². The quantitative estimate of drug-likeness (QED) is 0.528. The van der Waals surface area contributed by atoms with Crippen LogP contribution in [0.25, 0.3) is 11.6 Å². The zero-order valence-corrected chi connectivity index (χ0v) is 17.8. The summed E-state index contributed by atoms with van der Waals surface area (Å²) in [5.41, 5.74) is 10.6. The van der Waals surface area contributed by atoms with Crippen molar-refractivity contribution < 1.29 is 0 Å². The second-order valence-corrected chi connectivity index (χ2v) is 10.1. The van der Waals surface area contributed by atoms with Crippen molar-refractivity contribution in [1.82, 2.24) is 0 Å². The molecule has 0 heteroatoms. The second kappa shape index (κ2) is 6.41. The number of allylic oxidation sites excluding steroid dienone is 1. The van der Waals surface area contributed by atoms with Crippen molar-refractivity contribution in [2.45, 2.75) is 78.6 Å². The average molecular weight is 347 g/mol. The lowest BCUT2D eigenvalue weighted by Crippen LogP contribution is -2.23. The highest BCUT2D eigenvalue weighted by Gasteiger charge is 2.30. The summed E-state index contributed by atoms with van der Waals surface area (Å²) in [7, 11) is 0. The fraction of sp³-hybridized carbons (Fsp3) is 0.462. The maximum atomic E-state index is 2.40. The highest BCUT2D eigenvalue weighted by molar-refractivity contribution is 5.90.